The Balaban J connectivity index is 3.60. The maximum atomic E-state index is 11.5. The Labute approximate surface area is 104 Å². The smallest absolute Gasteiger partial charge is 0.248 e. The van der Waals surface area contributed by atoms with E-state index >= 15 is 0 Å². The maximum Gasteiger partial charge on any atom is 0.248 e. The first-order chi connectivity index (χ1) is 8.22. The van der Waals surface area contributed by atoms with Crippen molar-refractivity contribution in [3.63, 3.8) is 0 Å². The van der Waals surface area contributed by atoms with Crippen LogP contribution < -0.4 is 5.32 Å². The summed E-state index contributed by atoms with van der Waals surface area (Å²) in [4.78, 5) is 11.5. The van der Waals surface area contributed by atoms with E-state index in [1.54, 1.807) is 13.0 Å². The van der Waals surface area contributed by atoms with Gasteiger partial charge in [-0.3, -0.25) is 4.79 Å². The molecule has 0 bridgehead atoms. The lowest BCUT2D eigenvalue weighted by molar-refractivity contribution is -0.119. The topological polar surface area (TPSA) is 47.6 Å². The second-order valence-electron chi connectivity index (χ2n) is 3.87. The highest BCUT2D eigenvalue weighted by Gasteiger charge is 2.02. The Morgan fingerprint density at radius 2 is 1.94 bits per heavy atom. The molecule has 0 aliphatic heterocycles. The molecule has 0 saturated heterocycles. The van der Waals surface area contributed by atoms with Crippen molar-refractivity contribution >= 4 is 5.91 Å². The fourth-order valence-electron chi connectivity index (χ4n) is 1.08. The van der Waals surface area contributed by atoms with E-state index in [4.69, 9.17) is 9.47 Å². The molecule has 1 N–H and O–H groups in total. The van der Waals surface area contributed by atoms with Crippen molar-refractivity contribution in [2.75, 3.05) is 26.6 Å². The van der Waals surface area contributed by atoms with Gasteiger partial charge in [-0.25, -0.2) is 0 Å². The van der Waals surface area contributed by atoms with Crippen LogP contribution in [0.3, 0.4) is 0 Å². The number of carbonyl (C=O) groups excluding carboxylic acids is 1. The Kier molecular flexibility index (Phi) is 11.0. The third kappa shape index (κ3) is 10.0. The number of rotatable bonds is 10. The van der Waals surface area contributed by atoms with Crippen LogP contribution in [0.5, 0.6) is 0 Å². The van der Waals surface area contributed by atoms with E-state index in [1.165, 1.54) is 0 Å². The van der Waals surface area contributed by atoms with Gasteiger partial charge in [0.15, 0.2) is 0 Å². The number of amides is 1. The third-order valence-corrected chi connectivity index (χ3v) is 2.19. The highest BCUT2D eigenvalue weighted by Crippen LogP contribution is 1.94. The van der Waals surface area contributed by atoms with Crippen LogP contribution in [0.2, 0.25) is 0 Å². The molecule has 4 nitrogen and oxygen atoms in total. The zero-order valence-corrected chi connectivity index (χ0v) is 11.3. The van der Waals surface area contributed by atoms with Crippen LogP contribution in [-0.4, -0.2) is 32.5 Å². The van der Waals surface area contributed by atoms with Crippen LogP contribution in [-0.2, 0) is 14.3 Å². The average molecular weight is 243 g/mol. The van der Waals surface area contributed by atoms with Crippen molar-refractivity contribution in [1.29, 1.82) is 0 Å². The molecule has 4 heteroatoms. The number of hydrogen-bond acceptors (Lipinski definition) is 3. The van der Waals surface area contributed by atoms with Crippen molar-refractivity contribution in [2.24, 2.45) is 0 Å². The molecule has 0 atom stereocenters. The van der Waals surface area contributed by atoms with Crippen molar-refractivity contribution in [3.8, 4) is 0 Å². The van der Waals surface area contributed by atoms with Crippen LogP contribution in [0.1, 0.15) is 40.0 Å². The van der Waals surface area contributed by atoms with E-state index in [2.05, 4.69) is 12.2 Å². The van der Waals surface area contributed by atoms with E-state index < -0.39 is 0 Å². The summed E-state index contributed by atoms with van der Waals surface area (Å²) in [5, 5.41) is 2.68. The van der Waals surface area contributed by atoms with Crippen molar-refractivity contribution < 1.29 is 14.3 Å². The fourth-order valence-corrected chi connectivity index (χ4v) is 1.08. The standard InChI is InChI=1S/C13H25NO3/c1-4-6-9-16-10-7-12(3)13(15)14-11-17-8-5-2/h7H,4-6,8-11H2,1-3H3,(H,14,15). The molecule has 0 aliphatic carbocycles. The summed E-state index contributed by atoms with van der Waals surface area (Å²) in [5.74, 6) is -0.0970. The van der Waals surface area contributed by atoms with Crippen LogP contribution in [0, 0.1) is 0 Å². The highest BCUT2D eigenvalue weighted by molar-refractivity contribution is 5.92. The Hall–Kier alpha value is -0.870. The van der Waals surface area contributed by atoms with Crippen LogP contribution in [0.4, 0.5) is 0 Å². The number of unbranched alkanes of at least 4 members (excludes halogenated alkanes) is 1. The first-order valence-corrected chi connectivity index (χ1v) is 6.32. The second kappa shape index (κ2) is 11.6. The SMILES string of the molecule is CCCCOCC=C(C)C(=O)NCOCCC. The van der Waals surface area contributed by atoms with E-state index in [0.29, 0.717) is 18.8 Å². The summed E-state index contributed by atoms with van der Waals surface area (Å²) in [6.07, 6.45) is 4.93. The second-order valence-corrected chi connectivity index (χ2v) is 3.87. The summed E-state index contributed by atoms with van der Waals surface area (Å²) in [6.45, 7) is 8.11. The number of hydrogen-bond donors (Lipinski definition) is 1. The molecule has 1 amide bonds. The van der Waals surface area contributed by atoms with Crippen molar-refractivity contribution in [3.05, 3.63) is 11.6 Å². The Bertz CT molecular complexity index is 227. The van der Waals surface area contributed by atoms with Crippen LogP contribution in [0.25, 0.3) is 0 Å². The van der Waals surface area contributed by atoms with Gasteiger partial charge in [0.05, 0.1) is 6.61 Å². The van der Waals surface area contributed by atoms with Crippen molar-refractivity contribution in [1.82, 2.24) is 5.32 Å². The first kappa shape index (κ1) is 16.1. The van der Waals surface area contributed by atoms with E-state index in [1.807, 2.05) is 6.92 Å². The van der Waals surface area contributed by atoms with Crippen LogP contribution in [0.15, 0.2) is 11.6 Å². The lowest BCUT2D eigenvalue weighted by atomic mass is 10.3. The van der Waals surface area contributed by atoms with Gasteiger partial charge in [-0.1, -0.05) is 26.3 Å². The highest BCUT2D eigenvalue weighted by atomic mass is 16.5. The number of carbonyl (C=O) groups is 1. The molecule has 0 aromatic rings. The summed E-state index contributed by atoms with van der Waals surface area (Å²) in [5.41, 5.74) is 0.668. The zero-order chi connectivity index (χ0) is 12.9. The minimum Gasteiger partial charge on any atom is -0.377 e. The number of nitrogens with one attached hydrogen (secondary N) is 1. The molecule has 0 fully saturated rings. The van der Waals surface area contributed by atoms with Gasteiger partial charge in [0.1, 0.15) is 6.73 Å². The van der Waals surface area contributed by atoms with Crippen LogP contribution >= 0.6 is 0 Å². The molecule has 17 heavy (non-hydrogen) atoms. The van der Waals surface area contributed by atoms with Gasteiger partial charge in [-0.15, -0.1) is 0 Å². The van der Waals surface area contributed by atoms with Gasteiger partial charge >= 0.3 is 0 Å². The zero-order valence-electron chi connectivity index (χ0n) is 11.3. The molecule has 0 aromatic heterocycles. The van der Waals surface area contributed by atoms with E-state index in [9.17, 15) is 4.79 Å². The molecule has 0 aliphatic rings. The summed E-state index contributed by atoms with van der Waals surface area (Å²) in [7, 11) is 0. The molecular weight excluding hydrogens is 218 g/mol. The molecule has 0 aromatic carbocycles. The van der Waals surface area contributed by atoms with Gasteiger partial charge in [0.2, 0.25) is 5.91 Å². The minimum atomic E-state index is -0.0970. The predicted molar refractivity (Wildman–Crippen MR) is 68.7 cm³/mol. The molecule has 100 valence electrons. The van der Waals surface area contributed by atoms with E-state index in [0.717, 1.165) is 25.9 Å². The predicted octanol–water partition coefficient (Wildman–Crippen LogP) is 2.25. The lowest BCUT2D eigenvalue weighted by Crippen LogP contribution is -2.27. The van der Waals surface area contributed by atoms with Gasteiger partial charge in [-0.05, 0) is 19.8 Å². The van der Waals surface area contributed by atoms with Gasteiger partial charge < -0.3 is 14.8 Å². The first-order valence-electron chi connectivity index (χ1n) is 6.32. The van der Waals surface area contributed by atoms with Crippen molar-refractivity contribution in [2.45, 2.75) is 40.0 Å². The molecule has 0 heterocycles. The normalized spacial score (nSPS) is 11.6. The summed E-state index contributed by atoms with van der Waals surface area (Å²) in [6, 6.07) is 0. The minimum absolute atomic E-state index is 0.0970. The maximum absolute atomic E-state index is 11.5. The van der Waals surface area contributed by atoms with Gasteiger partial charge in [-0.2, -0.15) is 0 Å². The third-order valence-electron chi connectivity index (χ3n) is 2.19. The van der Waals surface area contributed by atoms with Gasteiger partial charge in [0.25, 0.3) is 0 Å². The fraction of sp³-hybridized carbons (Fsp3) is 0.769. The quantitative estimate of drug-likeness (QED) is 0.364. The molecule has 0 unspecified atom stereocenters. The monoisotopic (exact) mass is 243 g/mol. The summed E-state index contributed by atoms with van der Waals surface area (Å²) < 4.78 is 10.5. The Morgan fingerprint density at radius 1 is 1.18 bits per heavy atom. The van der Waals surface area contributed by atoms with Gasteiger partial charge in [0, 0.05) is 18.8 Å². The molecular formula is C13H25NO3. The van der Waals surface area contributed by atoms with E-state index in [-0.39, 0.29) is 12.6 Å². The summed E-state index contributed by atoms with van der Waals surface area (Å²) >= 11 is 0. The molecule has 0 spiro atoms. The lowest BCUT2D eigenvalue weighted by Gasteiger charge is -2.06. The largest absolute Gasteiger partial charge is 0.377 e. The molecule has 0 saturated carbocycles. The molecule has 0 rings (SSSR count). The average Bonchev–Trinajstić information content (AvgIpc) is 2.34. The Morgan fingerprint density at radius 3 is 2.59 bits per heavy atom. The molecule has 0 radical (unpaired) electrons. The number of ether oxygens (including phenoxy) is 2.